The molecule has 0 spiro atoms. The van der Waals surface area contributed by atoms with Crippen LogP contribution in [0.25, 0.3) is 0 Å². The Labute approximate surface area is 125 Å². The van der Waals surface area contributed by atoms with Gasteiger partial charge < -0.3 is 5.32 Å². The van der Waals surface area contributed by atoms with E-state index in [0.29, 0.717) is 6.04 Å². The molecule has 3 atom stereocenters. The maximum absolute atomic E-state index is 4.33. The lowest BCUT2D eigenvalue weighted by molar-refractivity contribution is 0.210. The van der Waals surface area contributed by atoms with Crippen LogP contribution in [0.2, 0.25) is 0 Å². The van der Waals surface area contributed by atoms with E-state index in [2.05, 4.69) is 46.1 Å². The molecule has 1 aromatic heterocycles. The molecule has 0 bridgehead atoms. The second-order valence-corrected chi connectivity index (χ2v) is 6.59. The Balaban J connectivity index is 2.15. The molecule has 1 aliphatic rings. The zero-order valence-electron chi connectivity index (χ0n) is 12.0. The molecule has 2 nitrogen and oxygen atoms in total. The summed E-state index contributed by atoms with van der Waals surface area (Å²) in [6.07, 6.45) is 10.7. The Hall–Kier alpha value is -0.410. The van der Waals surface area contributed by atoms with Gasteiger partial charge >= 0.3 is 0 Å². The lowest BCUT2D eigenvalue weighted by atomic mass is 9.75. The average Bonchev–Trinajstić information content (AvgIpc) is 2.45. The third-order valence-electron chi connectivity index (χ3n) is 4.38. The molecule has 3 heteroatoms. The Bertz CT molecular complexity index is 394. The second-order valence-electron chi connectivity index (χ2n) is 5.67. The van der Waals surface area contributed by atoms with Crippen molar-refractivity contribution in [3.05, 3.63) is 28.5 Å². The number of hydrogen-bond acceptors (Lipinski definition) is 2. The molecule has 2 rings (SSSR count). The predicted molar refractivity (Wildman–Crippen MR) is 84.1 cm³/mol. The largest absolute Gasteiger partial charge is 0.310 e. The number of nitrogens with zero attached hydrogens (tertiary/aromatic N) is 1. The number of halogens is 1. The lowest BCUT2D eigenvalue weighted by Crippen LogP contribution is -2.31. The molecule has 1 aliphatic carbocycles. The Kier molecular flexibility index (Phi) is 5.83. The van der Waals surface area contributed by atoms with Crippen LogP contribution < -0.4 is 5.32 Å². The smallest absolute Gasteiger partial charge is 0.0410 e. The van der Waals surface area contributed by atoms with E-state index in [1.807, 2.05) is 12.4 Å². The standard InChI is InChI=1S/C16H25BrN2/c1-3-12-6-5-7-13(8-12)16(19-4-2)14-9-15(17)11-18-10-14/h9-13,16,19H,3-8H2,1-2H3. The number of aromatic nitrogens is 1. The first kappa shape index (κ1) is 15.0. The van der Waals surface area contributed by atoms with Crippen LogP contribution in [0.5, 0.6) is 0 Å². The van der Waals surface area contributed by atoms with Gasteiger partial charge in [-0.1, -0.05) is 33.1 Å². The first-order chi connectivity index (χ1) is 9.24. The fraction of sp³-hybridized carbons (Fsp3) is 0.688. The van der Waals surface area contributed by atoms with Crippen LogP contribution in [0.4, 0.5) is 0 Å². The van der Waals surface area contributed by atoms with Gasteiger partial charge in [0.1, 0.15) is 0 Å². The molecule has 19 heavy (non-hydrogen) atoms. The maximum Gasteiger partial charge on any atom is 0.0410 e. The molecule has 0 aliphatic heterocycles. The molecular weight excluding hydrogens is 300 g/mol. The van der Waals surface area contributed by atoms with Gasteiger partial charge in [0.15, 0.2) is 0 Å². The molecule has 0 aromatic carbocycles. The van der Waals surface area contributed by atoms with Crippen LogP contribution in [0.1, 0.15) is 57.6 Å². The van der Waals surface area contributed by atoms with Gasteiger partial charge in [-0.3, -0.25) is 4.98 Å². The summed E-state index contributed by atoms with van der Waals surface area (Å²) in [6.45, 7) is 5.54. The first-order valence-corrected chi connectivity index (χ1v) is 8.37. The van der Waals surface area contributed by atoms with Crippen LogP contribution in [-0.4, -0.2) is 11.5 Å². The SMILES string of the molecule is CCNC(c1cncc(Br)c1)C1CCCC(CC)C1. The Morgan fingerprint density at radius 2 is 2.21 bits per heavy atom. The van der Waals surface area contributed by atoms with Crippen LogP contribution >= 0.6 is 15.9 Å². The molecule has 1 aromatic rings. The Morgan fingerprint density at radius 3 is 2.89 bits per heavy atom. The third-order valence-corrected chi connectivity index (χ3v) is 4.81. The molecule has 0 saturated heterocycles. The number of pyridine rings is 1. The van der Waals surface area contributed by atoms with Crippen LogP contribution in [-0.2, 0) is 0 Å². The molecule has 106 valence electrons. The minimum absolute atomic E-state index is 0.462. The van der Waals surface area contributed by atoms with Crippen molar-refractivity contribution in [3.63, 3.8) is 0 Å². The minimum atomic E-state index is 0.462. The number of rotatable bonds is 5. The van der Waals surface area contributed by atoms with Gasteiger partial charge in [0.2, 0.25) is 0 Å². The zero-order chi connectivity index (χ0) is 13.7. The molecule has 1 fully saturated rings. The van der Waals surface area contributed by atoms with Gasteiger partial charge in [-0.15, -0.1) is 0 Å². The van der Waals surface area contributed by atoms with Crippen molar-refractivity contribution in [1.82, 2.24) is 10.3 Å². The van der Waals surface area contributed by atoms with E-state index in [1.165, 1.54) is 37.7 Å². The highest BCUT2D eigenvalue weighted by atomic mass is 79.9. The predicted octanol–water partition coefficient (Wildman–Crippen LogP) is 4.71. The van der Waals surface area contributed by atoms with E-state index in [4.69, 9.17) is 0 Å². The van der Waals surface area contributed by atoms with Gasteiger partial charge in [-0.25, -0.2) is 0 Å². The summed E-state index contributed by atoms with van der Waals surface area (Å²) in [5.74, 6) is 1.68. The van der Waals surface area contributed by atoms with E-state index in [0.717, 1.165) is 22.9 Å². The van der Waals surface area contributed by atoms with E-state index in [9.17, 15) is 0 Å². The van der Waals surface area contributed by atoms with E-state index in [1.54, 1.807) is 0 Å². The lowest BCUT2D eigenvalue weighted by Gasteiger charge is -2.35. The molecule has 1 saturated carbocycles. The highest BCUT2D eigenvalue weighted by Gasteiger charge is 2.28. The monoisotopic (exact) mass is 324 g/mol. The fourth-order valence-corrected chi connectivity index (χ4v) is 3.76. The quantitative estimate of drug-likeness (QED) is 0.848. The van der Waals surface area contributed by atoms with Crippen molar-refractivity contribution in [3.8, 4) is 0 Å². The zero-order valence-corrected chi connectivity index (χ0v) is 13.6. The van der Waals surface area contributed by atoms with Gasteiger partial charge in [-0.05, 0) is 58.8 Å². The molecular formula is C16H25BrN2. The third kappa shape index (κ3) is 4.03. The van der Waals surface area contributed by atoms with Crippen molar-refractivity contribution in [1.29, 1.82) is 0 Å². The van der Waals surface area contributed by atoms with Crippen LogP contribution in [0, 0.1) is 11.8 Å². The maximum atomic E-state index is 4.33. The minimum Gasteiger partial charge on any atom is -0.310 e. The summed E-state index contributed by atoms with van der Waals surface area (Å²) >= 11 is 3.54. The van der Waals surface area contributed by atoms with E-state index >= 15 is 0 Å². The normalized spacial score (nSPS) is 25.2. The van der Waals surface area contributed by atoms with Crippen molar-refractivity contribution in [2.75, 3.05) is 6.54 Å². The molecule has 0 radical (unpaired) electrons. The van der Waals surface area contributed by atoms with Crippen LogP contribution in [0.3, 0.4) is 0 Å². The summed E-state index contributed by atoms with van der Waals surface area (Å²) in [4.78, 5) is 4.33. The molecule has 0 amide bonds. The fourth-order valence-electron chi connectivity index (χ4n) is 3.38. The summed E-state index contributed by atoms with van der Waals surface area (Å²) in [6, 6.07) is 2.68. The second kappa shape index (κ2) is 7.39. The van der Waals surface area contributed by atoms with Crippen LogP contribution in [0.15, 0.2) is 22.9 Å². The summed E-state index contributed by atoms with van der Waals surface area (Å²) in [5.41, 5.74) is 1.33. The summed E-state index contributed by atoms with van der Waals surface area (Å²) in [7, 11) is 0. The van der Waals surface area contributed by atoms with Crippen molar-refractivity contribution in [2.45, 2.75) is 52.0 Å². The van der Waals surface area contributed by atoms with Crippen molar-refractivity contribution >= 4 is 15.9 Å². The Morgan fingerprint density at radius 1 is 1.37 bits per heavy atom. The van der Waals surface area contributed by atoms with Gasteiger partial charge in [0, 0.05) is 22.9 Å². The van der Waals surface area contributed by atoms with Gasteiger partial charge in [0.25, 0.3) is 0 Å². The van der Waals surface area contributed by atoms with E-state index in [-0.39, 0.29) is 0 Å². The average molecular weight is 325 g/mol. The summed E-state index contributed by atoms with van der Waals surface area (Å²) < 4.78 is 1.08. The molecule has 1 N–H and O–H groups in total. The van der Waals surface area contributed by atoms with E-state index < -0.39 is 0 Å². The molecule has 3 unspecified atom stereocenters. The highest BCUT2D eigenvalue weighted by Crippen LogP contribution is 2.38. The van der Waals surface area contributed by atoms with Crippen molar-refractivity contribution in [2.24, 2.45) is 11.8 Å². The van der Waals surface area contributed by atoms with Gasteiger partial charge in [0.05, 0.1) is 0 Å². The number of hydrogen-bond donors (Lipinski definition) is 1. The summed E-state index contributed by atoms with van der Waals surface area (Å²) in [5, 5.41) is 3.68. The van der Waals surface area contributed by atoms with Gasteiger partial charge in [-0.2, -0.15) is 0 Å². The topological polar surface area (TPSA) is 24.9 Å². The molecule has 1 heterocycles. The van der Waals surface area contributed by atoms with Crippen molar-refractivity contribution < 1.29 is 0 Å². The first-order valence-electron chi connectivity index (χ1n) is 7.58. The number of nitrogens with one attached hydrogen (secondary N) is 1. The highest BCUT2D eigenvalue weighted by molar-refractivity contribution is 9.10.